The van der Waals surface area contributed by atoms with Gasteiger partial charge >= 0.3 is 0 Å². The number of sulfonamides is 1. The van der Waals surface area contributed by atoms with E-state index in [1.165, 1.54) is 6.07 Å². The number of hydrogen-bond acceptors (Lipinski definition) is 3. The van der Waals surface area contributed by atoms with Gasteiger partial charge in [-0.2, -0.15) is 0 Å². The standard InChI is InChI=1S/C21H26N2O3S/c1-5-23(15-16(2)3)21(24)19-12-11-17(4)20(13-19)27(25,26)22-14-18-9-7-6-8-10-18/h6-13,22H,2,5,14-15H2,1,3-4H3. The second-order valence-corrected chi connectivity index (χ2v) is 8.30. The molecule has 0 unspecified atom stereocenters. The first-order valence-corrected chi connectivity index (χ1v) is 10.3. The van der Waals surface area contributed by atoms with E-state index in [4.69, 9.17) is 0 Å². The van der Waals surface area contributed by atoms with Gasteiger partial charge in [-0.3, -0.25) is 4.79 Å². The van der Waals surface area contributed by atoms with E-state index in [-0.39, 0.29) is 17.3 Å². The molecular weight excluding hydrogens is 360 g/mol. The lowest BCUT2D eigenvalue weighted by Crippen LogP contribution is -2.32. The topological polar surface area (TPSA) is 66.5 Å². The Bertz CT molecular complexity index is 922. The van der Waals surface area contributed by atoms with Crippen LogP contribution in [0.3, 0.4) is 0 Å². The van der Waals surface area contributed by atoms with E-state index >= 15 is 0 Å². The van der Waals surface area contributed by atoms with Crippen molar-refractivity contribution in [2.24, 2.45) is 0 Å². The molecule has 0 aromatic heterocycles. The molecule has 0 spiro atoms. The molecule has 0 heterocycles. The minimum atomic E-state index is -3.74. The monoisotopic (exact) mass is 386 g/mol. The van der Waals surface area contributed by atoms with Gasteiger partial charge in [-0.05, 0) is 44.0 Å². The molecule has 2 rings (SSSR count). The van der Waals surface area contributed by atoms with E-state index in [0.717, 1.165) is 11.1 Å². The summed E-state index contributed by atoms with van der Waals surface area (Å²) in [6.07, 6.45) is 0. The van der Waals surface area contributed by atoms with E-state index in [9.17, 15) is 13.2 Å². The number of rotatable bonds is 8. The second-order valence-electron chi connectivity index (χ2n) is 6.57. The lowest BCUT2D eigenvalue weighted by atomic mass is 10.1. The van der Waals surface area contributed by atoms with Crippen molar-refractivity contribution in [2.45, 2.75) is 32.2 Å². The van der Waals surface area contributed by atoms with Crippen LogP contribution >= 0.6 is 0 Å². The summed E-state index contributed by atoms with van der Waals surface area (Å²) in [4.78, 5) is 14.5. The van der Waals surface area contributed by atoms with Gasteiger partial charge in [0, 0.05) is 25.2 Å². The lowest BCUT2D eigenvalue weighted by molar-refractivity contribution is 0.0778. The van der Waals surface area contributed by atoms with E-state index < -0.39 is 10.0 Å². The Balaban J connectivity index is 2.27. The number of likely N-dealkylation sites (N-methyl/N-ethyl adjacent to an activating group) is 1. The van der Waals surface area contributed by atoms with Crippen molar-refractivity contribution in [2.75, 3.05) is 13.1 Å². The summed E-state index contributed by atoms with van der Waals surface area (Å²) in [5.74, 6) is -0.208. The van der Waals surface area contributed by atoms with E-state index in [2.05, 4.69) is 11.3 Å². The molecule has 6 heteroatoms. The summed E-state index contributed by atoms with van der Waals surface area (Å²) >= 11 is 0. The number of hydrogen-bond donors (Lipinski definition) is 1. The fraction of sp³-hybridized carbons (Fsp3) is 0.286. The summed E-state index contributed by atoms with van der Waals surface area (Å²) in [7, 11) is -3.74. The minimum absolute atomic E-state index is 0.121. The van der Waals surface area contributed by atoms with Crippen LogP contribution in [-0.2, 0) is 16.6 Å². The molecule has 0 atom stereocenters. The molecule has 0 saturated heterocycles. The molecule has 2 aromatic rings. The largest absolute Gasteiger partial charge is 0.335 e. The van der Waals surface area contributed by atoms with E-state index in [0.29, 0.717) is 24.2 Å². The Morgan fingerprint density at radius 3 is 2.41 bits per heavy atom. The Morgan fingerprint density at radius 1 is 1.15 bits per heavy atom. The fourth-order valence-electron chi connectivity index (χ4n) is 2.71. The maximum Gasteiger partial charge on any atom is 0.254 e. The molecule has 1 amide bonds. The van der Waals surface area contributed by atoms with Crippen LogP contribution in [0.4, 0.5) is 0 Å². The minimum Gasteiger partial charge on any atom is -0.335 e. The molecule has 0 saturated carbocycles. The summed E-state index contributed by atoms with van der Waals surface area (Å²) in [6.45, 7) is 10.5. The predicted molar refractivity (Wildman–Crippen MR) is 108 cm³/mol. The van der Waals surface area contributed by atoms with Gasteiger partial charge < -0.3 is 4.90 Å². The number of amides is 1. The maximum atomic E-state index is 12.8. The van der Waals surface area contributed by atoms with Crippen molar-refractivity contribution < 1.29 is 13.2 Å². The molecule has 27 heavy (non-hydrogen) atoms. The first-order valence-electron chi connectivity index (χ1n) is 8.82. The highest BCUT2D eigenvalue weighted by molar-refractivity contribution is 7.89. The molecule has 0 radical (unpaired) electrons. The van der Waals surface area contributed by atoms with Crippen molar-refractivity contribution in [3.05, 3.63) is 77.4 Å². The molecule has 1 N–H and O–H groups in total. The summed E-state index contributed by atoms with van der Waals surface area (Å²) in [5.41, 5.74) is 2.68. The molecule has 0 aliphatic rings. The summed E-state index contributed by atoms with van der Waals surface area (Å²) in [6, 6.07) is 14.1. The van der Waals surface area contributed by atoms with Crippen LogP contribution in [0.2, 0.25) is 0 Å². The van der Waals surface area contributed by atoms with Gasteiger partial charge in [0.2, 0.25) is 10.0 Å². The van der Waals surface area contributed by atoms with Crippen LogP contribution in [0.15, 0.2) is 65.6 Å². The molecular formula is C21H26N2O3S. The van der Waals surface area contributed by atoms with Crippen LogP contribution in [0.25, 0.3) is 0 Å². The predicted octanol–water partition coefficient (Wildman–Crippen LogP) is 3.51. The maximum absolute atomic E-state index is 12.8. The first kappa shape index (κ1) is 20.9. The third-order valence-corrected chi connectivity index (χ3v) is 5.71. The molecule has 5 nitrogen and oxygen atoms in total. The Morgan fingerprint density at radius 2 is 1.81 bits per heavy atom. The zero-order valence-corrected chi connectivity index (χ0v) is 16.8. The number of benzene rings is 2. The first-order chi connectivity index (χ1) is 12.7. The number of aryl methyl sites for hydroxylation is 1. The third kappa shape index (κ3) is 5.52. The van der Waals surface area contributed by atoms with Crippen LogP contribution in [0.5, 0.6) is 0 Å². The summed E-state index contributed by atoms with van der Waals surface area (Å²) in [5, 5.41) is 0. The van der Waals surface area contributed by atoms with E-state index in [1.807, 2.05) is 44.2 Å². The van der Waals surface area contributed by atoms with Gasteiger partial charge in [0.15, 0.2) is 0 Å². The SMILES string of the molecule is C=C(C)CN(CC)C(=O)c1ccc(C)c(S(=O)(=O)NCc2ccccc2)c1. The molecule has 0 aliphatic heterocycles. The van der Waals surface area contributed by atoms with Gasteiger partial charge in [-0.25, -0.2) is 13.1 Å². The van der Waals surface area contributed by atoms with Crippen molar-refractivity contribution in [3.8, 4) is 0 Å². The number of carbonyl (C=O) groups excluding carboxylic acids is 1. The highest BCUT2D eigenvalue weighted by Crippen LogP contribution is 2.19. The van der Waals surface area contributed by atoms with Gasteiger partial charge in [0.25, 0.3) is 5.91 Å². The Hall–Kier alpha value is -2.44. The molecule has 0 aliphatic carbocycles. The highest BCUT2D eigenvalue weighted by Gasteiger charge is 2.21. The Labute approximate surface area is 161 Å². The van der Waals surface area contributed by atoms with Gasteiger partial charge in [-0.15, -0.1) is 0 Å². The smallest absolute Gasteiger partial charge is 0.254 e. The number of nitrogens with one attached hydrogen (secondary N) is 1. The molecule has 0 fully saturated rings. The normalized spacial score (nSPS) is 11.2. The van der Waals surface area contributed by atoms with Crippen molar-refractivity contribution in [3.63, 3.8) is 0 Å². The molecule has 0 bridgehead atoms. The van der Waals surface area contributed by atoms with Gasteiger partial charge in [-0.1, -0.05) is 48.6 Å². The quantitative estimate of drug-likeness (QED) is 0.706. The highest BCUT2D eigenvalue weighted by atomic mass is 32.2. The van der Waals surface area contributed by atoms with E-state index in [1.54, 1.807) is 24.0 Å². The fourth-order valence-corrected chi connectivity index (χ4v) is 4.00. The average Bonchev–Trinajstić information content (AvgIpc) is 2.65. The zero-order valence-electron chi connectivity index (χ0n) is 16.0. The zero-order chi connectivity index (χ0) is 20.0. The van der Waals surface area contributed by atoms with Crippen molar-refractivity contribution in [1.29, 1.82) is 0 Å². The lowest BCUT2D eigenvalue weighted by Gasteiger charge is -2.21. The third-order valence-electron chi connectivity index (χ3n) is 4.16. The van der Waals surface area contributed by atoms with Gasteiger partial charge in [0.05, 0.1) is 4.90 Å². The average molecular weight is 387 g/mol. The number of nitrogens with zero attached hydrogens (tertiary/aromatic N) is 1. The summed E-state index contributed by atoms with van der Waals surface area (Å²) < 4.78 is 28.1. The van der Waals surface area contributed by atoms with Gasteiger partial charge in [0.1, 0.15) is 0 Å². The van der Waals surface area contributed by atoms with Crippen LogP contribution in [0.1, 0.15) is 35.3 Å². The van der Waals surface area contributed by atoms with Crippen LogP contribution in [-0.4, -0.2) is 32.3 Å². The Kier molecular flexibility index (Phi) is 6.93. The molecule has 2 aromatic carbocycles. The van der Waals surface area contributed by atoms with Crippen LogP contribution in [0, 0.1) is 6.92 Å². The van der Waals surface area contributed by atoms with Crippen LogP contribution < -0.4 is 4.72 Å². The molecule has 144 valence electrons. The second kappa shape index (κ2) is 8.97. The van der Waals surface area contributed by atoms with Crippen molar-refractivity contribution in [1.82, 2.24) is 9.62 Å². The van der Waals surface area contributed by atoms with Crippen molar-refractivity contribution >= 4 is 15.9 Å². The number of carbonyl (C=O) groups is 1.